The Bertz CT molecular complexity index is 1540. The normalized spacial score (nSPS) is 14.4. The topological polar surface area (TPSA) is 107 Å². The molecule has 0 radical (unpaired) electrons. The van der Waals surface area contributed by atoms with Crippen molar-refractivity contribution in [2.45, 2.75) is 25.7 Å². The molecule has 36 heavy (non-hydrogen) atoms. The number of rotatable bonds is 5. The monoisotopic (exact) mass is 478 g/mol. The quantitative estimate of drug-likeness (QED) is 0.412. The van der Waals surface area contributed by atoms with E-state index in [-0.39, 0.29) is 5.92 Å². The summed E-state index contributed by atoms with van der Waals surface area (Å²) in [7, 11) is 0. The van der Waals surface area contributed by atoms with Gasteiger partial charge in [-0.05, 0) is 61.7 Å². The summed E-state index contributed by atoms with van der Waals surface area (Å²) in [6.45, 7) is 3.80. The third-order valence-electron chi connectivity index (χ3n) is 6.75. The van der Waals surface area contributed by atoms with Crippen LogP contribution in [-0.4, -0.2) is 48.1 Å². The molecule has 5 aromatic rings. The summed E-state index contributed by atoms with van der Waals surface area (Å²) < 4.78 is 3.81. The molecule has 1 aliphatic heterocycles. The molecule has 0 spiro atoms. The highest BCUT2D eigenvalue weighted by Crippen LogP contribution is 2.32. The molecule has 4 aromatic heterocycles. The van der Waals surface area contributed by atoms with Gasteiger partial charge < -0.3 is 15.0 Å². The third kappa shape index (κ3) is 3.98. The first-order valence-corrected chi connectivity index (χ1v) is 12.0. The summed E-state index contributed by atoms with van der Waals surface area (Å²) in [4.78, 5) is 28.3. The number of fused-ring (bicyclic) bond motifs is 1. The number of carbonyl (C=O) groups is 1. The number of hydrogen-bond donors (Lipinski definition) is 1. The molecule has 1 fully saturated rings. The second kappa shape index (κ2) is 8.92. The van der Waals surface area contributed by atoms with Gasteiger partial charge in [-0.25, -0.2) is 19.6 Å². The molecule has 1 amide bonds. The Morgan fingerprint density at radius 3 is 2.67 bits per heavy atom. The van der Waals surface area contributed by atoms with E-state index in [1.807, 2.05) is 58.9 Å². The lowest BCUT2D eigenvalue weighted by Crippen LogP contribution is -2.34. The minimum Gasteiger partial charge on any atom is -0.366 e. The van der Waals surface area contributed by atoms with E-state index in [4.69, 9.17) is 15.8 Å². The van der Waals surface area contributed by atoms with Gasteiger partial charge in [-0.3, -0.25) is 4.79 Å². The van der Waals surface area contributed by atoms with Gasteiger partial charge in [0, 0.05) is 49.4 Å². The molecule has 2 N–H and O–H groups in total. The van der Waals surface area contributed by atoms with E-state index >= 15 is 0 Å². The average Bonchev–Trinajstić information content (AvgIpc) is 3.57. The molecule has 0 atom stereocenters. The lowest BCUT2D eigenvalue weighted by molar-refractivity contribution is 0.1000. The van der Waals surface area contributed by atoms with Gasteiger partial charge in [-0.15, -0.1) is 5.10 Å². The van der Waals surface area contributed by atoms with Crippen LogP contribution in [-0.2, 0) is 0 Å². The number of nitrogens with two attached hydrogens (primary N) is 1. The van der Waals surface area contributed by atoms with Crippen LogP contribution in [0.3, 0.4) is 0 Å². The first kappa shape index (κ1) is 22.0. The van der Waals surface area contributed by atoms with Crippen LogP contribution < -0.4 is 10.6 Å². The van der Waals surface area contributed by atoms with Crippen LogP contribution in [0.5, 0.6) is 0 Å². The summed E-state index contributed by atoms with van der Waals surface area (Å²) in [5.41, 5.74) is 9.57. The van der Waals surface area contributed by atoms with Crippen molar-refractivity contribution in [3.8, 4) is 17.1 Å². The molecule has 1 saturated heterocycles. The van der Waals surface area contributed by atoms with Crippen molar-refractivity contribution in [3.63, 3.8) is 0 Å². The van der Waals surface area contributed by atoms with Crippen LogP contribution in [0.15, 0.2) is 73.3 Å². The number of pyridine rings is 2. The third-order valence-corrected chi connectivity index (χ3v) is 6.75. The van der Waals surface area contributed by atoms with Crippen molar-refractivity contribution in [2.24, 2.45) is 5.73 Å². The fourth-order valence-electron chi connectivity index (χ4n) is 4.82. The molecule has 9 nitrogen and oxygen atoms in total. The van der Waals surface area contributed by atoms with E-state index < -0.39 is 5.91 Å². The summed E-state index contributed by atoms with van der Waals surface area (Å²) >= 11 is 0. The number of aromatic nitrogens is 6. The predicted octanol–water partition coefficient (Wildman–Crippen LogP) is 3.77. The highest BCUT2D eigenvalue weighted by molar-refractivity contribution is 5.93. The smallest absolute Gasteiger partial charge is 0.248 e. The Morgan fingerprint density at radius 1 is 1.03 bits per heavy atom. The van der Waals surface area contributed by atoms with Gasteiger partial charge in [0.05, 0.1) is 11.3 Å². The molecule has 6 rings (SSSR count). The zero-order valence-corrected chi connectivity index (χ0v) is 20.0. The van der Waals surface area contributed by atoms with Crippen molar-refractivity contribution < 1.29 is 4.79 Å². The predicted molar refractivity (Wildman–Crippen MR) is 137 cm³/mol. The number of aryl methyl sites for hydroxylation is 1. The molecule has 1 aliphatic rings. The zero-order valence-electron chi connectivity index (χ0n) is 20.0. The SMILES string of the molecule is Cc1ccc(N2CCC(c3nc(-c4cccn5ccnc45)nn3-c3cccc(C(N)=O)c3)CC2)nc1. The lowest BCUT2D eigenvalue weighted by Gasteiger charge is -2.32. The maximum absolute atomic E-state index is 11.9. The highest BCUT2D eigenvalue weighted by atomic mass is 16.1. The van der Waals surface area contributed by atoms with Crippen LogP contribution in [0, 0.1) is 6.92 Å². The maximum atomic E-state index is 11.9. The maximum Gasteiger partial charge on any atom is 0.248 e. The first-order valence-electron chi connectivity index (χ1n) is 12.0. The van der Waals surface area contributed by atoms with Crippen LogP contribution in [0.4, 0.5) is 5.82 Å². The zero-order chi connectivity index (χ0) is 24.6. The standard InChI is InChI=1S/C27H26N8O/c1-18-7-8-23(30-17-18)33-13-9-19(10-14-33)26-31-25(22-6-3-12-34-15-11-29-27(22)34)32-35(26)21-5-2-4-20(16-21)24(28)36/h2-8,11-12,15-17,19H,9-10,13-14H2,1H3,(H2,28,36). The van der Waals surface area contributed by atoms with Crippen LogP contribution >= 0.6 is 0 Å². The fourth-order valence-corrected chi connectivity index (χ4v) is 4.82. The second-order valence-corrected chi connectivity index (χ2v) is 9.16. The first-order chi connectivity index (χ1) is 17.6. The number of benzene rings is 1. The fraction of sp³-hybridized carbons (Fsp3) is 0.222. The van der Waals surface area contributed by atoms with Crippen LogP contribution in [0.25, 0.3) is 22.7 Å². The lowest BCUT2D eigenvalue weighted by atomic mass is 9.95. The molecule has 1 aromatic carbocycles. The van der Waals surface area contributed by atoms with Gasteiger partial charge >= 0.3 is 0 Å². The van der Waals surface area contributed by atoms with E-state index in [1.165, 1.54) is 0 Å². The van der Waals surface area contributed by atoms with Crippen LogP contribution in [0.1, 0.15) is 40.5 Å². The molecule has 180 valence electrons. The van der Waals surface area contributed by atoms with Crippen molar-refractivity contribution in [1.29, 1.82) is 0 Å². The van der Waals surface area contributed by atoms with Gasteiger partial charge in [-0.1, -0.05) is 12.1 Å². The van der Waals surface area contributed by atoms with Gasteiger partial charge in [0.15, 0.2) is 5.82 Å². The van der Waals surface area contributed by atoms with Crippen molar-refractivity contribution in [3.05, 3.63) is 90.3 Å². The van der Waals surface area contributed by atoms with E-state index in [1.54, 1.807) is 18.3 Å². The Hall–Kier alpha value is -4.53. The number of piperidine rings is 1. The molecular weight excluding hydrogens is 452 g/mol. The Morgan fingerprint density at radius 2 is 1.89 bits per heavy atom. The molecule has 0 saturated carbocycles. The average molecular weight is 479 g/mol. The van der Waals surface area contributed by atoms with E-state index in [2.05, 4.69) is 27.0 Å². The number of carbonyl (C=O) groups excluding carboxylic acids is 1. The number of hydrogen-bond acceptors (Lipinski definition) is 6. The summed E-state index contributed by atoms with van der Waals surface area (Å²) in [6, 6.07) is 15.4. The number of anilines is 1. The molecule has 0 aliphatic carbocycles. The number of nitrogens with zero attached hydrogens (tertiary/aromatic N) is 7. The largest absolute Gasteiger partial charge is 0.366 e. The van der Waals surface area contributed by atoms with E-state index in [0.29, 0.717) is 11.4 Å². The Balaban J connectivity index is 1.38. The summed E-state index contributed by atoms with van der Waals surface area (Å²) in [5, 5.41) is 4.92. The minimum absolute atomic E-state index is 0.199. The Kier molecular flexibility index (Phi) is 5.44. The molecule has 5 heterocycles. The van der Waals surface area contributed by atoms with Crippen LogP contribution in [0.2, 0.25) is 0 Å². The van der Waals surface area contributed by atoms with Gasteiger partial charge in [-0.2, -0.15) is 0 Å². The van der Waals surface area contributed by atoms with Crippen molar-refractivity contribution >= 4 is 17.4 Å². The molecule has 9 heteroatoms. The van der Waals surface area contributed by atoms with Gasteiger partial charge in [0.2, 0.25) is 5.91 Å². The molecular formula is C27H26N8O. The van der Waals surface area contributed by atoms with Gasteiger partial charge in [0.25, 0.3) is 0 Å². The number of amides is 1. The number of imidazole rings is 1. The molecule has 0 bridgehead atoms. The van der Waals surface area contributed by atoms with E-state index in [0.717, 1.165) is 60.0 Å². The Labute approximate surface area is 208 Å². The second-order valence-electron chi connectivity index (χ2n) is 9.16. The summed E-state index contributed by atoms with van der Waals surface area (Å²) in [5.74, 6) is 2.21. The number of primary amides is 1. The van der Waals surface area contributed by atoms with Crippen molar-refractivity contribution in [2.75, 3.05) is 18.0 Å². The highest BCUT2D eigenvalue weighted by Gasteiger charge is 2.28. The summed E-state index contributed by atoms with van der Waals surface area (Å²) in [6.07, 6.45) is 9.36. The van der Waals surface area contributed by atoms with Crippen molar-refractivity contribution in [1.82, 2.24) is 29.1 Å². The van der Waals surface area contributed by atoms with Gasteiger partial charge in [0.1, 0.15) is 17.3 Å². The van der Waals surface area contributed by atoms with E-state index in [9.17, 15) is 4.79 Å². The molecule has 0 unspecified atom stereocenters. The minimum atomic E-state index is -0.472.